The molecular formula is C17H19FN4. The maximum absolute atomic E-state index is 13.2. The second-order valence-electron chi connectivity index (χ2n) is 6.19. The van der Waals surface area contributed by atoms with Gasteiger partial charge in [-0.2, -0.15) is 5.10 Å². The molecule has 2 unspecified atom stereocenters. The van der Waals surface area contributed by atoms with E-state index in [0.29, 0.717) is 0 Å². The van der Waals surface area contributed by atoms with E-state index in [2.05, 4.69) is 15.5 Å². The first-order chi connectivity index (χ1) is 10.5. The highest BCUT2D eigenvalue weighted by molar-refractivity contribution is 6.06. The van der Waals surface area contributed by atoms with Crippen molar-refractivity contribution in [1.29, 1.82) is 0 Å². The molecule has 0 amide bonds. The Balaban J connectivity index is 2.04. The smallest absolute Gasteiger partial charge is 0.123 e. The van der Waals surface area contributed by atoms with Crippen molar-refractivity contribution < 1.29 is 4.39 Å². The molecule has 5 heteroatoms. The first kappa shape index (κ1) is 14.7. The summed E-state index contributed by atoms with van der Waals surface area (Å²) in [6.07, 6.45) is 3.52. The van der Waals surface area contributed by atoms with Crippen LogP contribution in [0.4, 0.5) is 4.39 Å². The Labute approximate surface area is 129 Å². The lowest BCUT2D eigenvalue weighted by Gasteiger charge is -2.32. The number of hydrogen-bond donors (Lipinski definition) is 2. The van der Waals surface area contributed by atoms with Gasteiger partial charge in [-0.15, -0.1) is 0 Å². The molecule has 0 aliphatic carbocycles. The number of rotatable bonds is 3. The zero-order valence-electron chi connectivity index (χ0n) is 12.6. The van der Waals surface area contributed by atoms with E-state index in [0.717, 1.165) is 16.8 Å². The molecule has 1 aliphatic rings. The van der Waals surface area contributed by atoms with Gasteiger partial charge in [0, 0.05) is 17.9 Å². The van der Waals surface area contributed by atoms with Crippen LogP contribution in [0.5, 0.6) is 0 Å². The summed E-state index contributed by atoms with van der Waals surface area (Å²) in [4.78, 5) is 4.07. The third-order valence-electron chi connectivity index (χ3n) is 3.96. The molecule has 4 nitrogen and oxygen atoms in total. The van der Waals surface area contributed by atoms with Gasteiger partial charge in [-0.3, -0.25) is 4.98 Å². The van der Waals surface area contributed by atoms with Crippen LogP contribution in [0.15, 0.2) is 53.9 Å². The molecule has 0 bridgehead atoms. The number of benzene rings is 1. The van der Waals surface area contributed by atoms with Gasteiger partial charge in [-0.05, 0) is 49.2 Å². The maximum Gasteiger partial charge on any atom is 0.123 e. The second kappa shape index (κ2) is 5.50. The van der Waals surface area contributed by atoms with Gasteiger partial charge in [0.1, 0.15) is 5.82 Å². The normalized spacial score (nSPS) is 21.4. The number of halogens is 1. The summed E-state index contributed by atoms with van der Waals surface area (Å²) >= 11 is 0. The summed E-state index contributed by atoms with van der Waals surface area (Å²) in [6.45, 7) is 3.95. The first-order valence-electron chi connectivity index (χ1n) is 7.24. The number of nitrogens with two attached hydrogens (primary N) is 1. The lowest BCUT2D eigenvalue weighted by Crippen LogP contribution is -2.53. The average Bonchev–Trinajstić information content (AvgIpc) is 2.94. The quantitative estimate of drug-likeness (QED) is 0.914. The van der Waals surface area contributed by atoms with Crippen molar-refractivity contribution in [3.8, 4) is 0 Å². The zero-order chi connectivity index (χ0) is 15.7. The number of nitrogens with one attached hydrogen (secondary N) is 1. The van der Waals surface area contributed by atoms with E-state index in [1.807, 2.05) is 26.0 Å². The Hall–Kier alpha value is -2.27. The molecule has 0 fully saturated rings. The standard InChI is InChI=1S/C17H19FN4/c1-17(2,19)16-14(11-7-9-20-10-8-11)15(21-22-16)12-3-5-13(18)6-4-12/h3-10,14,16,22H,19H2,1-2H3. The number of hydrogen-bond acceptors (Lipinski definition) is 4. The Morgan fingerprint density at radius 1 is 1.09 bits per heavy atom. The van der Waals surface area contributed by atoms with Crippen LogP contribution < -0.4 is 11.2 Å². The lowest BCUT2D eigenvalue weighted by molar-refractivity contribution is 0.351. The summed E-state index contributed by atoms with van der Waals surface area (Å²) in [5.41, 5.74) is 11.9. The summed E-state index contributed by atoms with van der Waals surface area (Å²) in [5.74, 6) is -0.264. The van der Waals surface area contributed by atoms with Gasteiger partial charge < -0.3 is 11.2 Å². The molecule has 3 N–H and O–H groups in total. The van der Waals surface area contributed by atoms with E-state index in [1.165, 1.54) is 12.1 Å². The van der Waals surface area contributed by atoms with E-state index in [9.17, 15) is 4.39 Å². The lowest BCUT2D eigenvalue weighted by atomic mass is 9.78. The molecule has 22 heavy (non-hydrogen) atoms. The van der Waals surface area contributed by atoms with Crippen LogP contribution in [-0.2, 0) is 0 Å². The van der Waals surface area contributed by atoms with E-state index in [4.69, 9.17) is 5.73 Å². The minimum Gasteiger partial charge on any atom is -0.324 e. The molecule has 114 valence electrons. The fourth-order valence-electron chi connectivity index (χ4n) is 2.82. The Morgan fingerprint density at radius 3 is 2.32 bits per heavy atom. The van der Waals surface area contributed by atoms with Crippen molar-refractivity contribution in [2.24, 2.45) is 10.8 Å². The number of hydrazone groups is 1. The minimum atomic E-state index is -0.459. The molecule has 2 atom stereocenters. The monoisotopic (exact) mass is 298 g/mol. The summed E-state index contributed by atoms with van der Waals surface area (Å²) in [7, 11) is 0. The molecular weight excluding hydrogens is 279 g/mol. The minimum absolute atomic E-state index is 0.00605. The molecule has 0 saturated carbocycles. The van der Waals surface area contributed by atoms with Crippen molar-refractivity contribution in [3.63, 3.8) is 0 Å². The number of aromatic nitrogens is 1. The van der Waals surface area contributed by atoms with Gasteiger partial charge in [-0.1, -0.05) is 12.1 Å². The van der Waals surface area contributed by atoms with Gasteiger partial charge in [0.05, 0.1) is 17.7 Å². The third-order valence-corrected chi connectivity index (χ3v) is 3.96. The van der Waals surface area contributed by atoms with Crippen molar-refractivity contribution in [2.45, 2.75) is 31.3 Å². The van der Waals surface area contributed by atoms with Crippen LogP contribution in [0.1, 0.15) is 30.9 Å². The number of pyridine rings is 1. The predicted octanol–water partition coefficient (Wildman–Crippen LogP) is 2.42. The molecule has 2 aromatic rings. The molecule has 0 saturated heterocycles. The van der Waals surface area contributed by atoms with E-state index in [1.54, 1.807) is 24.5 Å². The molecule has 2 heterocycles. The number of nitrogens with zero attached hydrogens (tertiary/aromatic N) is 2. The molecule has 1 aromatic carbocycles. The fourth-order valence-corrected chi connectivity index (χ4v) is 2.82. The average molecular weight is 298 g/mol. The predicted molar refractivity (Wildman–Crippen MR) is 85.1 cm³/mol. The second-order valence-corrected chi connectivity index (χ2v) is 6.19. The van der Waals surface area contributed by atoms with Gasteiger partial charge in [-0.25, -0.2) is 4.39 Å². The fraction of sp³-hybridized carbons (Fsp3) is 0.294. The molecule has 0 spiro atoms. The Kier molecular flexibility index (Phi) is 3.66. The van der Waals surface area contributed by atoms with Crippen molar-refractivity contribution >= 4 is 5.71 Å². The van der Waals surface area contributed by atoms with Gasteiger partial charge >= 0.3 is 0 Å². The Morgan fingerprint density at radius 2 is 1.73 bits per heavy atom. The van der Waals surface area contributed by atoms with Crippen LogP contribution in [0.3, 0.4) is 0 Å². The highest BCUT2D eigenvalue weighted by atomic mass is 19.1. The van der Waals surface area contributed by atoms with Crippen molar-refractivity contribution in [1.82, 2.24) is 10.4 Å². The largest absolute Gasteiger partial charge is 0.324 e. The highest BCUT2D eigenvalue weighted by Gasteiger charge is 2.41. The van der Waals surface area contributed by atoms with Crippen LogP contribution in [0, 0.1) is 5.82 Å². The molecule has 1 aliphatic heterocycles. The topological polar surface area (TPSA) is 63.3 Å². The van der Waals surface area contributed by atoms with Gasteiger partial charge in [0.2, 0.25) is 0 Å². The van der Waals surface area contributed by atoms with E-state index in [-0.39, 0.29) is 17.8 Å². The SMILES string of the molecule is CC(C)(N)C1NN=C(c2ccc(F)cc2)C1c1ccncc1. The van der Waals surface area contributed by atoms with E-state index < -0.39 is 5.54 Å². The molecule has 3 rings (SSSR count). The third kappa shape index (κ3) is 2.72. The maximum atomic E-state index is 13.2. The van der Waals surface area contributed by atoms with Crippen molar-refractivity contribution in [3.05, 3.63) is 65.7 Å². The van der Waals surface area contributed by atoms with E-state index >= 15 is 0 Å². The first-order valence-corrected chi connectivity index (χ1v) is 7.24. The molecule has 0 radical (unpaired) electrons. The zero-order valence-corrected chi connectivity index (χ0v) is 12.6. The summed E-state index contributed by atoms with van der Waals surface area (Å²) < 4.78 is 13.2. The van der Waals surface area contributed by atoms with Crippen LogP contribution >= 0.6 is 0 Å². The summed E-state index contributed by atoms with van der Waals surface area (Å²) in [6, 6.07) is 10.3. The van der Waals surface area contributed by atoms with Gasteiger partial charge in [0.15, 0.2) is 0 Å². The van der Waals surface area contributed by atoms with Crippen LogP contribution in [0.2, 0.25) is 0 Å². The molecule has 1 aromatic heterocycles. The van der Waals surface area contributed by atoms with Crippen LogP contribution in [-0.4, -0.2) is 22.3 Å². The highest BCUT2D eigenvalue weighted by Crippen LogP contribution is 2.33. The Bertz CT molecular complexity index is 674. The van der Waals surface area contributed by atoms with Crippen LogP contribution in [0.25, 0.3) is 0 Å². The van der Waals surface area contributed by atoms with Gasteiger partial charge in [0.25, 0.3) is 0 Å². The van der Waals surface area contributed by atoms with Crippen molar-refractivity contribution in [2.75, 3.05) is 0 Å². The summed E-state index contributed by atoms with van der Waals surface area (Å²) in [5, 5.41) is 4.49.